The number of fused-ring (bicyclic) bond motifs is 1. The monoisotopic (exact) mass is 474 g/mol. The van der Waals surface area contributed by atoms with Crippen molar-refractivity contribution < 1.29 is 23.9 Å². The van der Waals surface area contributed by atoms with Gasteiger partial charge in [0.2, 0.25) is 0 Å². The number of carboxylic acid groups (broad SMARTS) is 1. The number of carboxylic acids is 1. The third-order valence-electron chi connectivity index (χ3n) is 6.89. The van der Waals surface area contributed by atoms with Crippen LogP contribution in [0.4, 0.5) is 0 Å². The van der Waals surface area contributed by atoms with Crippen LogP contribution in [0.1, 0.15) is 59.0 Å². The van der Waals surface area contributed by atoms with E-state index in [0.717, 1.165) is 42.8 Å². The van der Waals surface area contributed by atoms with Gasteiger partial charge in [0.05, 0.1) is 24.5 Å². The molecule has 1 aliphatic rings. The third kappa shape index (κ3) is 4.77. The predicted molar refractivity (Wildman–Crippen MR) is 133 cm³/mol. The van der Waals surface area contributed by atoms with E-state index in [1.807, 2.05) is 35.9 Å². The van der Waals surface area contributed by atoms with Crippen LogP contribution in [0.3, 0.4) is 0 Å². The van der Waals surface area contributed by atoms with Crippen LogP contribution in [0.15, 0.2) is 71.5 Å². The van der Waals surface area contributed by atoms with Crippen LogP contribution >= 0.6 is 0 Å². The predicted octanol–water partition coefficient (Wildman–Crippen LogP) is 5.51. The number of rotatable bonds is 8. The molecular formula is C28H30N2O5. The minimum Gasteiger partial charge on any atom is -0.497 e. The van der Waals surface area contributed by atoms with E-state index in [9.17, 15) is 9.90 Å². The van der Waals surface area contributed by atoms with Gasteiger partial charge < -0.3 is 19.1 Å². The van der Waals surface area contributed by atoms with E-state index in [-0.39, 0.29) is 6.10 Å². The number of benzene rings is 2. The topological polar surface area (TPSA) is 77.1 Å². The van der Waals surface area contributed by atoms with E-state index in [1.54, 1.807) is 25.5 Å². The summed E-state index contributed by atoms with van der Waals surface area (Å²) in [5.41, 5.74) is 3.45. The Morgan fingerprint density at radius 3 is 2.66 bits per heavy atom. The van der Waals surface area contributed by atoms with Gasteiger partial charge in [-0.05, 0) is 86.3 Å². The van der Waals surface area contributed by atoms with Gasteiger partial charge in [-0.25, -0.2) is 4.79 Å². The molecule has 4 aromatic rings. The van der Waals surface area contributed by atoms with Crippen molar-refractivity contribution in [3.05, 3.63) is 89.5 Å². The highest BCUT2D eigenvalue weighted by atomic mass is 16.7. The lowest BCUT2D eigenvalue weighted by atomic mass is 9.89. The van der Waals surface area contributed by atoms with Gasteiger partial charge in [-0.15, -0.1) is 0 Å². The van der Waals surface area contributed by atoms with Crippen LogP contribution in [0, 0.1) is 0 Å². The molecule has 2 aromatic heterocycles. The van der Waals surface area contributed by atoms with Crippen molar-refractivity contribution in [3.63, 3.8) is 0 Å². The van der Waals surface area contributed by atoms with Crippen LogP contribution in [0.5, 0.6) is 5.75 Å². The summed E-state index contributed by atoms with van der Waals surface area (Å²) in [5, 5.41) is 10.8. The molecule has 1 fully saturated rings. The zero-order valence-corrected chi connectivity index (χ0v) is 20.0. The lowest BCUT2D eigenvalue weighted by Crippen LogP contribution is -2.33. The average molecular weight is 475 g/mol. The molecule has 0 aliphatic carbocycles. The number of aromatic carboxylic acids is 1. The van der Waals surface area contributed by atoms with Gasteiger partial charge in [0.25, 0.3) is 0 Å². The quantitative estimate of drug-likeness (QED) is 0.363. The van der Waals surface area contributed by atoms with Gasteiger partial charge in [-0.3, -0.25) is 4.90 Å². The first kappa shape index (κ1) is 23.1. The summed E-state index contributed by atoms with van der Waals surface area (Å²) in [6.45, 7) is 4.36. The van der Waals surface area contributed by atoms with Gasteiger partial charge in [0, 0.05) is 18.1 Å². The molecule has 0 bridgehead atoms. The summed E-state index contributed by atoms with van der Waals surface area (Å²) < 4.78 is 12.7. The zero-order valence-electron chi connectivity index (χ0n) is 20.0. The van der Waals surface area contributed by atoms with Crippen molar-refractivity contribution in [1.82, 2.24) is 9.63 Å². The number of hydrogen-bond acceptors (Lipinski definition) is 5. The standard InChI is InChI=1S/C28H30N2O5/c1-19(27-8-5-15-34-27)35-30-18-25(24-6-3-4-7-26(24)30)20-11-13-29(14-12-20)17-21-16-22(33-2)9-10-23(21)28(31)32/h3-10,15-16,18-20H,11-14,17H2,1-2H3,(H,31,32). The molecule has 1 aliphatic heterocycles. The van der Waals surface area contributed by atoms with Crippen molar-refractivity contribution in [3.8, 4) is 5.75 Å². The number of para-hydroxylation sites is 1. The lowest BCUT2D eigenvalue weighted by molar-refractivity contribution is 0.0421. The largest absolute Gasteiger partial charge is 0.497 e. The molecule has 1 saturated heterocycles. The number of ether oxygens (including phenoxy) is 1. The van der Waals surface area contributed by atoms with E-state index in [1.165, 1.54) is 10.9 Å². The normalized spacial score (nSPS) is 15.8. The lowest BCUT2D eigenvalue weighted by Gasteiger charge is -2.32. The molecule has 2 aromatic carbocycles. The van der Waals surface area contributed by atoms with Crippen molar-refractivity contribution in [2.75, 3.05) is 20.2 Å². The average Bonchev–Trinajstić information content (AvgIpc) is 3.53. The highest BCUT2D eigenvalue weighted by Crippen LogP contribution is 2.35. The van der Waals surface area contributed by atoms with E-state index in [2.05, 4.69) is 29.3 Å². The number of nitrogens with zero attached hydrogens (tertiary/aromatic N) is 2. The Labute approximate surface area is 204 Å². The van der Waals surface area contributed by atoms with Gasteiger partial charge in [0.1, 0.15) is 11.5 Å². The smallest absolute Gasteiger partial charge is 0.336 e. The molecule has 7 nitrogen and oxygen atoms in total. The summed E-state index contributed by atoms with van der Waals surface area (Å²) in [7, 11) is 1.60. The summed E-state index contributed by atoms with van der Waals surface area (Å²) in [6.07, 6.45) is 5.56. The third-order valence-corrected chi connectivity index (χ3v) is 6.89. The fraction of sp³-hybridized carbons (Fsp3) is 0.321. The van der Waals surface area contributed by atoms with Crippen LogP contribution in [-0.4, -0.2) is 40.9 Å². The Hall–Kier alpha value is -3.71. The second-order valence-electron chi connectivity index (χ2n) is 9.07. The van der Waals surface area contributed by atoms with Gasteiger partial charge in [-0.2, -0.15) is 4.73 Å². The maximum absolute atomic E-state index is 11.7. The number of methoxy groups -OCH3 is 1. The number of hydrogen-bond donors (Lipinski definition) is 1. The molecule has 0 amide bonds. The molecule has 3 heterocycles. The first-order valence-corrected chi connectivity index (χ1v) is 12.0. The Morgan fingerprint density at radius 2 is 1.94 bits per heavy atom. The van der Waals surface area contributed by atoms with E-state index in [0.29, 0.717) is 23.8 Å². The molecule has 1 atom stereocenters. The molecule has 7 heteroatoms. The number of likely N-dealkylation sites (tertiary alicyclic amines) is 1. The molecular weight excluding hydrogens is 444 g/mol. The molecule has 1 N–H and O–H groups in total. The van der Waals surface area contributed by atoms with Crippen molar-refractivity contribution in [1.29, 1.82) is 0 Å². The van der Waals surface area contributed by atoms with Crippen LogP contribution in [-0.2, 0) is 6.54 Å². The molecule has 35 heavy (non-hydrogen) atoms. The van der Waals surface area contributed by atoms with E-state index in [4.69, 9.17) is 14.0 Å². The maximum Gasteiger partial charge on any atom is 0.336 e. The highest BCUT2D eigenvalue weighted by molar-refractivity contribution is 5.89. The Bertz CT molecular complexity index is 1300. The molecule has 182 valence electrons. The summed E-state index contributed by atoms with van der Waals surface area (Å²) in [4.78, 5) is 20.3. The van der Waals surface area contributed by atoms with Crippen LogP contribution in [0.25, 0.3) is 10.9 Å². The Morgan fingerprint density at radius 1 is 1.14 bits per heavy atom. The minimum absolute atomic E-state index is 0.207. The van der Waals surface area contributed by atoms with Crippen LogP contribution in [0.2, 0.25) is 0 Å². The fourth-order valence-corrected chi connectivity index (χ4v) is 5.01. The molecule has 0 radical (unpaired) electrons. The fourth-order valence-electron chi connectivity index (χ4n) is 5.01. The van der Waals surface area contributed by atoms with Crippen molar-refractivity contribution >= 4 is 16.9 Å². The molecule has 0 saturated carbocycles. The van der Waals surface area contributed by atoms with Crippen LogP contribution < -0.4 is 9.57 Å². The SMILES string of the molecule is COc1ccc(C(=O)O)c(CN2CCC(c3cn(OC(C)c4ccco4)c4ccccc34)CC2)c1. The maximum atomic E-state index is 11.7. The first-order chi connectivity index (χ1) is 17.0. The van der Waals surface area contributed by atoms with Crippen molar-refractivity contribution in [2.24, 2.45) is 0 Å². The zero-order chi connectivity index (χ0) is 24.4. The first-order valence-electron chi connectivity index (χ1n) is 12.0. The summed E-state index contributed by atoms with van der Waals surface area (Å²) >= 11 is 0. The number of aromatic nitrogens is 1. The second kappa shape index (κ2) is 9.88. The van der Waals surface area contributed by atoms with Gasteiger partial charge >= 0.3 is 5.97 Å². The molecule has 1 unspecified atom stereocenters. The van der Waals surface area contributed by atoms with E-state index < -0.39 is 5.97 Å². The number of piperidine rings is 1. The Balaban J connectivity index is 1.31. The molecule has 0 spiro atoms. The number of carbonyl (C=O) groups is 1. The van der Waals surface area contributed by atoms with Crippen molar-refractivity contribution in [2.45, 2.75) is 38.3 Å². The summed E-state index contributed by atoms with van der Waals surface area (Å²) in [6, 6.07) is 17.3. The molecule has 5 rings (SSSR count). The summed E-state index contributed by atoms with van der Waals surface area (Å²) in [5.74, 6) is 0.964. The van der Waals surface area contributed by atoms with E-state index >= 15 is 0 Å². The minimum atomic E-state index is -0.908. The highest BCUT2D eigenvalue weighted by Gasteiger charge is 2.26. The second-order valence-corrected chi connectivity index (χ2v) is 9.07. The Kier molecular flexibility index (Phi) is 6.51. The number of furan rings is 1. The van der Waals surface area contributed by atoms with Gasteiger partial charge in [0.15, 0.2) is 6.10 Å². The van der Waals surface area contributed by atoms with Gasteiger partial charge in [-0.1, -0.05) is 18.2 Å².